The van der Waals surface area contributed by atoms with Gasteiger partial charge in [-0.25, -0.2) is 0 Å². The fourth-order valence-corrected chi connectivity index (χ4v) is 3.80. The zero-order valence-electron chi connectivity index (χ0n) is 17.1. The molecule has 148 valence electrons. The molecule has 0 saturated carbocycles. The van der Waals surface area contributed by atoms with E-state index in [2.05, 4.69) is 13.8 Å². The van der Waals surface area contributed by atoms with Crippen molar-refractivity contribution in [2.24, 2.45) is 0 Å². The molecule has 0 aliphatic heterocycles. The first-order valence-electron chi connectivity index (χ1n) is 10.7. The number of benzene rings is 2. The van der Waals surface area contributed by atoms with E-state index in [9.17, 15) is 5.11 Å². The van der Waals surface area contributed by atoms with Gasteiger partial charge in [-0.2, -0.15) is 0 Å². The third-order valence-electron chi connectivity index (χ3n) is 5.32. The van der Waals surface area contributed by atoms with E-state index in [-0.39, 0.29) is 0 Å². The fraction of sp³-hybridized carbons (Fsp3) is 0.520. The van der Waals surface area contributed by atoms with E-state index >= 15 is 0 Å². The molecule has 0 spiro atoms. The van der Waals surface area contributed by atoms with Gasteiger partial charge in [0.1, 0.15) is 17.1 Å². The molecule has 2 aromatic carbocycles. The lowest BCUT2D eigenvalue weighted by Gasteiger charge is -2.36. The number of hydrogen-bond acceptors (Lipinski definition) is 2. The lowest BCUT2D eigenvalue weighted by Crippen LogP contribution is -2.33. The van der Waals surface area contributed by atoms with Crippen LogP contribution in [0.15, 0.2) is 54.6 Å². The Kier molecular flexibility index (Phi) is 9.24. The van der Waals surface area contributed by atoms with E-state index < -0.39 is 5.60 Å². The first-order chi connectivity index (χ1) is 13.2. The molecular formula is C25H36O2. The van der Waals surface area contributed by atoms with Gasteiger partial charge in [0.05, 0.1) is 0 Å². The second kappa shape index (κ2) is 11.7. The highest BCUT2D eigenvalue weighted by Crippen LogP contribution is 2.41. The van der Waals surface area contributed by atoms with Crippen LogP contribution in [0, 0.1) is 0 Å². The van der Waals surface area contributed by atoms with Crippen LogP contribution < -0.4 is 4.74 Å². The quantitative estimate of drug-likeness (QED) is 0.369. The normalized spacial score (nSPS) is 11.5. The van der Waals surface area contributed by atoms with Gasteiger partial charge in [0, 0.05) is 5.56 Å². The van der Waals surface area contributed by atoms with Crippen molar-refractivity contribution in [2.45, 2.75) is 83.7 Å². The van der Waals surface area contributed by atoms with Crippen molar-refractivity contribution in [1.29, 1.82) is 0 Å². The van der Waals surface area contributed by atoms with Crippen LogP contribution >= 0.6 is 0 Å². The minimum absolute atomic E-state index is 0.347. The summed E-state index contributed by atoms with van der Waals surface area (Å²) in [5.74, 6) is 1.23. The Balaban J connectivity index is 2.31. The van der Waals surface area contributed by atoms with Crippen molar-refractivity contribution in [2.75, 3.05) is 0 Å². The number of aromatic hydroxyl groups is 1. The molecule has 0 heterocycles. The molecule has 0 radical (unpaired) electrons. The standard InChI is InChI=1S/C25H36O2/c1-3-5-7-14-20-25(21-15-8-6-4-2,23-18-12-13-19-24(23)26)27-22-16-10-9-11-17-22/h9-13,16-19,26H,3-8,14-15,20-21H2,1-2H3. The van der Waals surface area contributed by atoms with Crippen LogP contribution in [-0.4, -0.2) is 5.11 Å². The summed E-state index contributed by atoms with van der Waals surface area (Å²) in [6, 6.07) is 17.8. The average Bonchev–Trinajstić information content (AvgIpc) is 2.69. The van der Waals surface area contributed by atoms with E-state index in [1.807, 2.05) is 48.5 Å². The first-order valence-corrected chi connectivity index (χ1v) is 10.7. The Morgan fingerprint density at radius 1 is 0.704 bits per heavy atom. The van der Waals surface area contributed by atoms with Gasteiger partial charge in [0.15, 0.2) is 0 Å². The second-order valence-electron chi connectivity index (χ2n) is 7.55. The van der Waals surface area contributed by atoms with Crippen LogP contribution in [0.25, 0.3) is 0 Å². The molecule has 2 nitrogen and oxygen atoms in total. The average molecular weight is 369 g/mol. The second-order valence-corrected chi connectivity index (χ2v) is 7.55. The maximum Gasteiger partial charge on any atom is 0.138 e. The highest BCUT2D eigenvalue weighted by atomic mass is 16.5. The highest BCUT2D eigenvalue weighted by molar-refractivity contribution is 5.38. The van der Waals surface area contributed by atoms with Crippen molar-refractivity contribution in [3.63, 3.8) is 0 Å². The third-order valence-corrected chi connectivity index (χ3v) is 5.32. The zero-order valence-corrected chi connectivity index (χ0v) is 17.1. The zero-order chi connectivity index (χ0) is 19.4. The molecule has 1 N–H and O–H groups in total. The number of phenolic OH excluding ortho intramolecular Hbond substituents is 1. The number of ether oxygens (including phenoxy) is 1. The predicted octanol–water partition coefficient (Wildman–Crippen LogP) is 7.61. The molecule has 0 aliphatic carbocycles. The molecule has 2 rings (SSSR count). The Hall–Kier alpha value is -1.96. The van der Waals surface area contributed by atoms with Crippen LogP contribution in [0.2, 0.25) is 0 Å². The molecule has 0 amide bonds. The first kappa shape index (κ1) is 21.3. The number of rotatable bonds is 13. The Morgan fingerprint density at radius 2 is 1.26 bits per heavy atom. The van der Waals surface area contributed by atoms with Crippen molar-refractivity contribution in [3.8, 4) is 11.5 Å². The smallest absolute Gasteiger partial charge is 0.138 e. The van der Waals surface area contributed by atoms with Gasteiger partial charge in [-0.1, -0.05) is 88.8 Å². The number of para-hydroxylation sites is 2. The largest absolute Gasteiger partial charge is 0.508 e. The van der Waals surface area contributed by atoms with E-state index in [1.165, 1.54) is 38.5 Å². The van der Waals surface area contributed by atoms with Crippen LogP contribution in [0.1, 0.15) is 83.6 Å². The molecular weight excluding hydrogens is 332 g/mol. The number of phenols is 1. The number of unbranched alkanes of at least 4 members (excludes halogenated alkanes) is 6. The lowest BCUT2D eigenvalue weighted by atomic mass is 9.82. The van der Waals surface area contributed by atoms with Gasteiger partial charge >= 0.3 is 0 Å². The molecule has 0 unspecified atom stereocenters. The van der Waals surface area contributed by atoms with Gasteiger partial charge in [-0.05, 0) is 43.9 Å². The maximum atomic E-state index is 10.6. The Morgan fingerprint density at radius 3 is 1.81 bits per heavy atom. The van der Waals surface area contributed by atoms with E-state index in [0.29, 0.717) is 5.75 Å². The molecule has 0 saturated heterocycles. The minimum Gasteiger partial charge on any atom is -0.508 e. The van der Waals surface area contributed by atoms with E-state index in [1.54, 1.807) is 6.07 Å². The molecule has 0 aliphatic rings. The molecule has 2 aromatic rings. The summed E-state index contributed by atoms with van der Waals surface area (Å²) in [5.41, 5.74) is 0.468. The van der Waals surface area contributed by atoms with E-state index in [0.717, 1.165) is 37.0 Å². The molecule has 0 bridgehead atoms. The fourth-order valence-electron chi connectivity index (χ4n) is 3.80. The van der Waals surface area contributed by atoms with Crippen LogP contribution in [0.5, 0.6) is 11.5 Å². The van der Waals surface area contributed by atoms with Crippen molar-refractivity contribution in [3.05, 3.63) is 60.2 Å². The minimum atomic E-state index is -0.464. The third kappa shape index (κ3) is 6.61. The molecule has 0 atom stereocenters. The number of hydrogen-bond donors (Lipinski definition) is 1. The van der Waals surface area contributed by atoms with E-state index in [4.69, 9.17) is 4.74 Å². The molecule has 0 fully saturated rings. The SMILES string of the molecule is CCCCCCC(CCCCCC)(Oc1ccccc1)c1ccccc1O. The molecule has 0 aromatic heterocycles. The van der Waals surface area contributed by atoms with Crippen molar-refractivity contribution >= 4 is 0 Å². The van der Waals surface area contributed by atoms with Gasteiger partial charge in [-0.3, -0.25) is 0 Å². The van der Waals surface area contributed by atoms with Crippen molar-refractivity contribution < 1.29 is 9.84 Å². The topological polar surface area (TPSA) is 29.5 Å². The summed E-state index contributed by atoms with van der Waals surface area (Å²) >= 11 is 0. The van der Waals surface area contributed by atoms with Crippen LogP contribution in [-0.2, 0) is 5.60 Å². The summed E-state index contributed by atoms with van der Waals surface area (Å²) < 4.78 is 6.67. The summed E-state index contributed by atoms with van der Waals surface area (Å²) in [4.78, 5) is 0. The van der Waals surface area contributed by atoms with Gasteiger partial charge in [0.2, 0.25) is 0 Å². The maximum absolute atomic E-state index is 10.6. The van der Waals surface area contributed by atoms with Gasteiger partial charge < -0.3 is 9.84 Å². The highest BCUT2D eigenvalue weighted by Gasteiger charge is 2.36. The lowest BCUT2D eigenvalue weighted by molar-refractivity contribution is 0.0388. The summed E-state index contributed by atoms with van der Waals surface area (Å²) in [6.45, 7) is 4.48. The summed E-state index contributed by atoms with van der Waals surface area (Å²) in [6.07, 6.45) is 11.5. The predicted molar refractivity (Wildman–Crippen MR) is 114 cm³/mol. The Bertz CT molecular complexity index is 624. The van der Waals surface area contributed by atoms with Crippen molar-refractivity contribution in [1.82, 2.24) is 0 Å². The monoisotopic (exact) mass is 368 g/mol. The van der Waals surface area contributed by atoms with Crippen LogP contribution in [0.4, 0.5) is 0 Å². The summed E-state index contributed by atoms with van der Waals surface area (Å²) in [7, 11) is 0. The summed E-state index contributed by atoms with van der Waals surface area (Å²) in [5, 5.41) is 10.6. The van der Waals surface area contributed by atoms with Crippen LogP contribution in [0.3, 0.4) is 0 Å². The Labute approximate surface area is 165 Å². The molecule has 27 heavy (non-hydrogen) atoms. The van der Waals surface area contributed by atoms with Gasteiger partial charge in [0.25, 0.3) is 0 Å². The van der Waals surface area contributed by atoms with Gasteiger partial charge in [-0.15, -0.1) is 0 Å². The molecule has 2 heteroatoms.